The quantitative estimate of drug-likeness (QED) is 0.00931. The first-order valence-electron chi connectivity index (χ1n) is 36.9. The van der Waals surface area contributed by atoms with Crippen LogP contribution in [0.3, 0.4) is 0 Å². The van der Waals surface area contributed by atoms with E-state index in [9.17, 15) is 75.4 Å². The minimum Gasteiger partial charge on any atom is -0.479 e. The zero-order valence-electron chi connectivity index (χ0n) is 66.2. The Kier molecular flexibility index (Phi) is 49.5. The van der Waals surface area contributed by atoms with Crippen molar-refractivity contribution in [1.29, 1.82) is 0 Å². The van der Waals surface area contributed by atoms with E-state index in [0.717, 1.165) is 74.8 Å². The lowest BCUT2D eigenvalue weighted by molar-refractivity contribution is -0.437. The maximum absolute atomic E-state index is 14.1. The normalized spacial score (nSPS) is 33.4. The van der Waals surface area contributed by atoms with Crippen molar-refractivity contribution in [3.05, 3.63) is 0 Å². The van der Waals surface area contributed by atoms with Gasteiger partial charge in [0.25, 0.3) is 0 Å². The molecule has 28 atom stereocenters. The van der Waals surface area contributed by atoms with Crippen molar-refractivity contribution in [2.24, 2.45) is 0 Å². The Labute approximate surface area is 732 Å². The molecule has 0 aromatic rings. The van der Waals surface area contributed by atoms with Crippen molar-refractivity contribution in [2.45, 2.75) is 248 Å². The van der Waals surface area contributed by atoms with Crippen LogP contribution < -0.4 is 26.6 Å². The SMILES string of the molecule is COC1C(OC)[C@H](O[C@H]2O[C@@H](COS(=O)(=O)O)[C@@H](O[C@@H]3OC(C(=O)O)[C@@H](O[C@@H]4OC(COS(=O)(=O)O)[C@@H](OC)[C@H](OC)C4NC(=O)CCCCCNC(=O)CCCCCNC(=O)CCCCC4SCC5NC(=O)NC54)[C@H](OC)C3OC)C(OSOOO)C2OSOOO)[C@H](C(=O)O)O[C@@H]1O[C@@H]1C(COSOOO)O[C@H](OC)C(OSOOO)[C@H]1OSOOO. The molecule has 7 fully saturated rings. The lowest BCUT2D eigenvalue weighted by Gasteiger charge is -2.51. The van der Waals surface area contributed by atoms with Gasteiger partial charge in [-0.25, -0.2) is 49.0 Å². The average molecular weight is 1970 g/mol. The molecule has 0 aliphatic carbocycles. The molecule has 7 rings (SSSR count). The van der Waals surface area contributed by atoms with Gasteiger partial charge in [-0.15, -0.1) is 21.7 Å². The first kappa shape index (κ1) is 108. The van der Waals surface area contributed by atoms with Crippen LogP contribution in [0, 0.1) is 0 Å². The monoisotopic (exact) mass is 1970 g/mol. The lowest BCUT2D eigenvalue weighted by atomic mass is 9.94. The topological polar surface area (TPSA) is 718 Å². The number of hydrogen-bond acceptors (Lipinski definition) is 54. The van der Waals surface area contributed by atoms with E-state index in [2.05, 4.69) is 77.6 Å². The maximum Gasteiger partial charge on any atom is 0.397 e. The molecule has 0 aromatic heterocycles. The van der Waals surface area contributed by atoms with Gasteiger partial charge in [-0.2, -0.15) is 28.6 Å². The second-order valence-corrected chi connectivity index (χ2v) is 32.6. The van der Waals surface area contributed by atoms with Crippen LogP contribution in [-0.2, 0) is 197 Å². The molecule has 14 N–H and O–H groups in total. The highest BCUT2D eigenvalue weighted by Crippen LogP contribution is 2.43. The molecule has 13 unspecified atom stereocenters. The van der Waals surface area contributed by atoms with E-state index in [1.165, 1.54) is 0 Å². The van der Waals surface area contributed by atoms with Crippen molar-refractivity contribution in [3.8, 4) is 0 Å². The molecule has 720 valence electrons. The summed E-state index contributed by atoms with van der Waals surface area (Å²) in [5.41, 5.74) is 0. The van der Waals surface area contributed by atoms with Gasteiger partial charge in [-0.05, 0) is 38.5 Å². The van der Waals surface area contributed by atoms with Gasteiger partial charge in [0.1, 0.15) is 97.6 Å². The van der Waals surface area contributed by atoms with Crippen LogP contribution in [0.15, 0.2) is 0 Å². The number of ether oxygens (including phenoxy) is 16. The summed E-state index contributed by atoms with van der Waals surface area (Å²) in [6, 6.07) is -1.46. The van der Waals surface area contributed by atoms with Crippen LogP contribution >= 0.6 is 73.4 Å². The van der Waals surface area contributed by atoms with Gasteiger partial charge in [-0.3, -0.25) is 44.4 Å². The molecule has 5 amide bonds. The van der Waals surface area contributed by atoms with Crippen molar-refractivity contribution < 1.29 is 243 Å². The number of aliphatic carboxylic acids is 2. The second-order valence-electron chi connectivity index (χ2n) is 26.8. The molecule has 124 heavy (non-hydrogen) atoms. The Morgan fingerprint density at radius 1 is 0.427 bits per heavy atom. The molecule has 7 saturated heterocycles. The van der Waals surface area contributed by atoms with E-state index >= 15 is 0 Å². The highest BCUT2D eigenvalue weighted by molar-refractivity contribution is 8.00. The molecule has 7 aliphatic heterocycles. The first-order valence-corrected chi connectivity index (χ1v) is 44.0. The van der Waals surface area contributed by atoms with E-state index in [-0.39, 0.29) is 117 Å². The molecule has 7 aliphatic rings. The van der Waals surface area contributed by atoms with Crippen molar-refractivity contribution in [1.82, 2.24) is 26.6 Å². The van der Waals surface area contributed by atoms with Gasteiger partial charge >= 0.3 is 38.8 Å². The molecule has 0 aromatic carbocycles. The minimum absolute atomic E-state index is 0.0367. The summed E-state index contributed by atoms with van der Waals surface area (Å²) >= 11 is 1.18. The second kappa shape index (κ2) is 56.8. The van der Waals surface area contributed by atoms with Crippen molar-refractivity contribution in [3.63, 3.8) is 0 Å². The third kappa shape index (κ3) is 33.3. The Bertz CT molecular complexity index is 3380. The Morgan fingerprint density at radius 3 is 1.27 bits per heavy atom. The van der Waals surface area contributed by atoms with Gasteiger partial charge in [0.15, 0.2) is 117 Å². The molecule has 0 radical (unpaired) electrons. The standard InChI is InChI=1S/C59H99N5O52S8/c1-84-36-28(23-92-123(78,79)80)94-54(35(39(36)85-2)63-33(67)19-11-9-15-21-60-31(65)17-10-8-14-20-61-32(66)18-13-12-16-30-34-26(25-117-30)62-59(72)64-34)99-42-40(86-3)48(88-5)57(101-46(42)52(68)69)98-38-29(24-93-124(81,82)83)96-58(51(106-122-116-111-77)45(38)104-120-114-109-75)100-43-41(87-4)49(89-6)56(102-47(43)53(70)71)97-37-27(22-91-118-112-107-73)95-55(90-7)50(105-121-115-110-76)44(37)103-119-113-108-74/h26-30,34-51,54-58,73-77H,8-25H2,1-7H3,(H,60,65)(H,61,66)(H,63,67)(H,68,69)(H,70,71)(H2,62,64,72)(H,78,79,80)(H,81,82,83)/t26?,27?,28?,29-,30?,34?,35?,36+,37+,38+,39+,40-,41?,42-,43-,44-,45?,46?,47+,48?,49?,50?,51?,54-,55-,56-,57+,58+/m0/s1. The fourth-order valence-electron chi connectivity index (χ4n) is 14.2. The van der Waals surface area contributed by atoms with Crippen LogP contribution in [0.25, 0.3) is 0 Å². The average Bonchev–Trinajstić information content (AvgIpc) is 0.904. The zero-order valence-corrected chi connectivity index (χ0v) is 72.8. The Hall–Kier alpha value is -2.98. The number of rotatable bonds is 62. The highest BCUT2D eigenvalue weighted by Gasteiger charge is 2.62. The van der Waals surface area contributed by atoms with Gasteiger partial charge in [0.05, 0.1) is 31.9 Å². The van der Waals surface area contributed by atoms with Crippen molar-refractivity contribution in [2.75, 3.05) is 88.4 Å². The largest absolute Gasteiger partial charge is 0.479 e. The zero-order chi connectivity index (χ0) is 90.5. The molecular formula is C59H99N5O52S8. The molecule has 65 heteroatoms. The van der Waals surface area contributed by atoms with Crippen LogP contribution in [-0.4, -0.2) is 357 Å². The minimum atomic E-state index is -5.58. The number of nitrogens with one attached hydrogen (secondary N) is 5. The van der Waals surface area contributed by atoms with Gasteiger partial charge < -0.3 is 113 Å². The summed E-state index contributed by atoms with van der Waals surface area (Å²) in [5.74, 6) is -3.91. The van der Waals surface area contributed by atoms with E-state index in [1.807, 2.05) is 11.8 Å². The van der Waals surface area contributed by atoms with E-state index < -0.39 is 212 Å². The lowest BCUT2D eigenvalue weighted by Crippen LogP contribution is -2.70. The number of carboxylic acid groups (broad SMARTS) is 2. The molecule has 0 saturated carbocycles. The Morgan fingerprint density at radius 2 is 0.823 bits per heavy atom. The predicted molar refractivity (Wildman–Crippen MR) is 401 cm³/mol. The van der Waals surface area contributed by atoms with E-state index in [4.69, 9.17) is 117 Å². The summed E-state index contributed by atoms with van der Waals surface area (Å²) in [6.07, 6.45) is -40.7. The molecule has 7 heterocycles. The predicted octanol–water partition coefficient (Wildman–Crippen LogP) is -0.261. The number of methoxy groups -OCH3 is 7. The molecular weight excluding hydrogens is 1870 g/mol. The third-order valence-corrected chi connectivity index (χ3v) is 23.9. The summed E-state index contributed by atoms with van der Waals surface area (Å²) in [5, 5.41) is 100. The number of unbranched alkanes of at least 4 members (excludes halogenated alkanes) is 5. The number of fused-ring (bicyclic) bond motifs is 1. The number of carbonyl (C=O) groups excluding carboxylic acids is 4. The highest BCUT2D eigenvalue weighted by atomic mass is 32.3. The van der Waals surface area contributed by atoms with Gasteiger partial charge in [0.2, 0.25) is 17.7 Å². The number of amides is 5. The summed E-state index contributed by atoms with van der Waals surface area (Å²) < 4.78 is 225. The van der Waals surface area contributed by atoms with Gasteiger partial charge in [0, 0.05) is 93.1 Å². The van der Waals surface area contributed by atoms with E-state index in [1.54, 1.807) is 0 Å². The van der Waals surface area contributed by atoms with E-state index in [0.29, 0.717) is 50.3 Å². The number of carboxylic acids is 2. The van der Waals surface area contributed by atoms with Crippen LogP contribution in [0.5, 0.6) is 0 Å². The summed E-state index contributed by atoms with van der Waals surface area (Å²) in [7, 11) is -3.36. The number of thioether (sulfide) groups is 1. The smallest absolute Gasteiger partial charge is 0.397 e. The summed E-state index contributed by atoms with van der Waals surface area (Å²) in [4.78, 5) is 78.4. The van der Waals surface area contributed by atoms with Crippen LogP contribution in [0.4, 0.5) is 4.79 Å². The first-order chi connectivity index (χ1) is 59.6. The Balaban J connectivity index is 1.09. The fourth-order valence-corrected chi connectivity index (χ4v) is 18.0. The summed E-state index contributed by atoms with van der Waals surface area (Å²) in [6.45, 7) is -2.43. The fraction of sp³-hybridized carbons (Fsp3) is 0.898. The number of urea groups is 1. The third-order valence-electron chi connectivity index (χ3n) is 19.5. The molecule has 0 bridgehead atoms. The molecule has 0 spiro atoms. The maximum atomic E-state index is 14.1. The van der Waals surface area contributed by atoms with Crippen LogP contribution in [0.1, 0.15) is 77.0 Å². The number of hydrogen-bond donors (Lipinski definition) is 14. The van der Waals surface area contributed by atoms with Gasteiger partial charge in [-0.1, -0.05) is 44.5 Å². The van der Waals surface area contributed by atoms with Crippen LogP contribution in [0.2, 0.25) is 0 Å². The molecule has 57 nitrogen and oxygen atoms in total. The van der Waals surface area contributed by atoms with Crippen molar-refractivity contribution >= 4 is 130 Å². The number of carbonyl (C=O) groups is 6.